The van der Waals surface area contributed by atoms with E-state index in [2.05, 4.69) is 0 Å². The first kappa shape index (κ1) is 13.3. The lowest BCUT2D eigenvalue weighted by molar-refractivity contribution is -0.118. The molecule has 1 rings (SSSR count). The highest BCUT2D eigenvalue weighted by atomic mass is 16.5. The van der Waals surface area contributed by atoms with Crippen molar-refractivity contribution >= 4 is 5.91 Å². The lowest BCUT2D eigenvalue weighted by Crippen LogP contribution is -2.17. The van der Waals surface area contributed by atoms with E-state index in [9.17, 15) is 4.79 Å². The van der Waals surface area contributed by atoms with Gasteiger partial charge >= 0.3 is 0 Å². The Hall–Kier alpha value is -1.75. The topological polar surface area (TPSA) is 87.6 Å². The van der Waals surface area contributed by atoms with E-state index < -0.39 is 0 Å². The third-order valence-corrected chi connectivity index (χ3v) is 2.54. The average molecular weight is 238 g/mol. The lowest BCUT2D eigenvalue weighted by atomic mass is 10.0. The lowest BCUT2D eigenvalue weighted by Gasteiger charge is -2.16. The van der Waals surface area contributed by atoms with Gasteiger partial charge in [0.2, 0.25) is 5.91 Å². The third-order valence-electron chi connectivity index (χ3n) is 2.54. The molecule has 17 heavy (non-hydrogen) atoms. The van der Waals surface area contributed by atoms with Crippen molar-refractivity contribution < 1.29 is 14.3 Å². The Kier molecular flexibility index (Phi) is 4.78. The molecule has 0 spiro atoms. The second kappa shape index (κ2) is 6.10. The summed E-state index contributed by atoms with van der Waals surface area (Å²) < 4.78 is 10.3. The number of carbonyl (C=O) groups is 1. The molecule has 4 N–H and O–H groups in total. The Balaban J connectivity index is 2.88. The summed E-state index contributed by atoms with van der Waals surface area (Å²) in [6.07, 6.45) is 0.736. The van der Waals surface area contributed by atoms with Crippen LogP contribution in [0.2, 0.25) is 0 Å². The molecule has 5 nitrogen and oxygen atoms in total. The van der Waals surface area contributed by atoms with Crippen LogP contribution in [0.3, 0.4) is 0 Å². The number of rotatable bonds is 6. The second-order valence-electron chi connectivity index (χ2n) is 3.72. The summed E-state index contributed by atoms with van der Waals surface area (Å²) in [6, 6.07) is 5.10. The number of methoxy groups -OCH3 is 2. The van der Waals surface area contributed by atoms with E-state index in [0.29, 0.717) is 17.9 Å². The Morgan fingerprint density at radius 2 is 2.06 bits per heavy atom. The number of hydrogen-bond donors (Lipinski definition) is 2. The zero-order valence-corrected chi connectivity index (χ0v) is 10.1. The minimum absolute atomic E-state index is 0.252. The van der Waals surface area contributed by atoms with Crippen molar-refractivity contribution in [3.05, 3.63) is 23.8 Å². The summed E-state index contributed by atoms with van der Waals surface area (Å²) in [7, 11) is 3.16. The zero-order valence-electron chi connectivity index (χ0n) is 10.1. The van der Waals surface area contributed by atoms with E-state index in [-0.39, 0.29) is 18.4 Å². The number of hydrogen-bond acceptors (Lipinski definition) is 4. The summed E-state index contributed by atoms with van der Waals surface area (Å²) in [6.45, 7) is 0. The fourth-order valence-electron chi connectivity index (χ4n) is 1.58. The van der Waals surface area contributed by atoms with Gasteiger partial charge in [-0.2, -0.15) is 0 Å². The van der Waals surface area contributed by atoms with Gasteiger partial charge in [-0.15, -0.1) is 0 Å². The van der Waals surface area contributed by atoms with Crippen LogP contribution in [0.25, 0.3) is 0 Å². The quantitative estimate of drug-likeness (QED) is 0.773. The van der Waals surface area contributed by atoms with E-state index in [1.54, 1.807) is 26.4 Å². The van der Waals surface area contributed by atoms with Crippen molar-refractivity contribution in [2.24, 2.45) is 11.5 Å². The average Bonchev–Trinajstić information content (AvgIpc) is 2.34. The van der Waals surface area contributed by atoms with Gasteiger partial charge in [0.25, 0.3) is 0 Å². The molecule has 1 amide bonds. The number of nitrogens with two attached hydrogens (primary N) is 2. The summed E-state index contributed by atoms with van der Waals surface area (Å²) in [5.74, 6) is 1.03. The molecule has 5 heteroatoms. The van der Waals surface area contributed by atoms with Crippen molar-refractivity contribution in [3.63, 3.8) is 0 Å². The standard InChI is InChI=1S/C12H18N2O3/c1-16-8-3-5-11(17-2)9(7-8)10(13)4-6-12(14)15/h3,5,7,10H,4,6,13H2,1-2H3,(H2,14,15). The first-order chi connectivity index (χ1) is 8.08. The summed E-state index contributed by atoms with van der Waals surface area (Å²) in [5.41, 5.74) is 11.9. The molecule has 1 aromatic carbocycles. The first-order valence-electron chi connectivity index (χ1n) is 5.34. The summed E-state index contributed by atoms with van der Waals surface area (Å²) >= 11 is 0. The largest absolute Gasteiger partial charge is 0.497 e. The first-order valence-corrected chi connectivity index (χ1v) is 5.34. The molecular weight excluding hydrogens is 220 g/mol. The van der Waals surface area contributed by atoms with Crippen LogP contribution in [0, 0.1) is 0 Å². The fraction of sp³-hybridized carbons (Fsp3) is 0.417. The third kappa shape index (κ3) is 3.64. The highest BCUT2D eigenvalue weighted by Gasteiger charge is 2.14. The predicted octanol–water partition coefficient (Wildman–Crippen LogP) is 0.969. The van der Waals surface area contributed by atoms with Gasteiger partial charge in [0.1, 0.15) is 11.5 Å². The van der Waals surface area contributed by atoms with E-state index in [4.69, 9.17) is 20.9 Å². The summed E-state index contributed by atoms with van der Waals surface area (Å²) in [4.78, 5) is 10.7. The van der Waals surface area contributed by atoms with E-state index in [1.807, 2.05) is 6.07 Å². The molecule has 94 valence electrons. The van der Waals surface area contributed by atoms with Crippen molar-refractivity contribution in [1.29, 1.82) is 0 Å². The molecule has 1 unspecified atom stereocenters. The highest BCUT2D eigenvalue weighted by Crippen LogP contribution is 2.30. The van der Waals surface area contributed by atoms with Crippen LogP contribution in [-0.4, -0.2) is 20.1 Å². The molecule has 0 aliphatic rings. The van der Waals surface area contributed by atoms with E-state index >= 15 is 0 Å². The summed E-state index contributed by atoms with van der Waals surface area (Å²) in [5, 5.41) is 0. The van der Waals surface area contributed by atoms with Gasteiger partial charge in [-0.3, -0.25) is 4.79 Å². The molecule has 0 heterocycles. The van der Waals surface area contributed by atoms with E-state index in [1.165, 1.54) is 0 Å². The molecular formula is C12H18N2O3. The number of amides is 1. The Labute approximate surface area is 101 Å². The highest BCUT2D eigenvalue weighted by molar-refractivity contribution is 5.73. The molecule has 0 radical (unpaired) electrons. The van der Waals surface area contributed by atoms with Gasteiger partial charge in [0.15, 0.2) is 0 Å². The van der Waals surface area contributed by atoms with Crippen LogP contribution in [-0.2, 0) is 4.79 Å². The minimum atomic E-state index is -0.359. The number of ether oxygens (including phenoxy) is 2. The molecule has 0 aromatic heterocycles. The van der Waals surface area contributed by atoms with Crippen LogP contribution in [0.15, 0.2) is 18.2 Å². The Morgan fingerprint density at radius 3 is 2.59 bits per heavy atom. The molecule has 0 aliphatic carbocycles. The van der Waals surface area contributed by atoms with Crippen molar-refractivity contribution in [1.82, 2.24) is 0 Å². The van der Waals surface area contributed by atoms with Gasteiger partial charge in [-0.1, -0.05) is 0 Å². The molecule has 0 aliphatic heterocycles. The monoisotopic (exact) mass is 238 g/mol. The maximum Gasteiger partial charge on any atom is 0.217 e. The van der Waals surface area contributed by atoms with Crippen LogP contribution in [0.1, 0.15) is 24.4 Å². The van der Waals surface area contributed by atoms with Crippen LogP contribution in [0.4, 0.5) is 0 Å². The molecule has 1 atom stereocenters. The second-order valence-corrected chi connectivity index (χ2v) is 3.72. The number of benzene rings is 1. The fourth-order valence-corrected chi connectivity index (χ4v) is 1.58. The van der Waals surface area contributed by atoms with Gasteiger partial charge in [0, 0.05) is 18.0 Å². The maximum atomic E-state index is 10.7. The van der Waals surface area contributed by atoms with Crippen LogP contribution in [0.5, 0.6) is 11.5 Å². The number of primary amides is 1. The molecule has 0 fully saturated rings. The van der Waals surface area contributed by atoms with Crippen LogP contribution >= 0.6 is 0 Å². The minimum Gasteiger partial charge on any atom is -0.497 e. The zero-order chi connectivity index (χ0) is 12.8. The van der Waals surface area contributed by atoms with Gasteiger partial charge in [-0.05, 0) is 24.6 Å². The van der Waals surface area contributed by atoms with Crippen LogP contribution < -0.4 is 20.9 Å². The van der Waals surface area contributed by atoms with Gasteiger partial charge in [-0.25, -0.2) is 0 Å². The van der Waals surface area contributed by atoms with Gasteiger partial charge < -0.3 is 20.9 Å². The number of carbonyl (C=O) groups excluding carboxylic acids is 1. The van der Waals surface area contributed by atoms with Crippen molar-refractivity contribution in [3.8, 4) is 11.5 Å². The molecule has 0 saturated carbocycles. The Morgan fingerprint density at radius 1 is 1.35 bits per heavy atom. The molecule has 0 bridgehead atoms. The normalized spacial score (nSPS) is 11.9. The van der Waals surface area contributed by atoms with Crippen molar-refractivity contribution in [2.75, 3.05) is 14.2 Å². The smallest absolute Gasteiger partial charge is 0.217 e. The van der Waals surface area contributed by atoms with Crippen molar-refractivity contribution in [2.45, 2.75) is 18.9 Å². The maximum absolute atomic E-state index is 10.7. The van der Waals surface area contributed by atoms with Gasteiger partial charge in [0.05, 0.1) is 14.2 Å². The Bertz CT molecular complexity index is 393. The SMILES string of the molecule is COc1ccc(OC)c(C(N)CCC(N)=O)c1. The molecule has 0 saturated heterocycles. The molecule has 1 aromatic rings. The van der Waals surface area contributed by atoms with E-state index in [0.717, 1.165) is 5.56 Å². The predicted molar refractivity (Wildman–Crippen MR) is 64.9 cm³/mol.